The number of hydrogen-bond acceptors (Lipinski definition) is 11. The second-order valence-corrected chi connectivity index (χ2v) is 20.6. The van der Waals surface area contributed by atoms with Crippen LogP contribution in [-0.2, 0) is 59.4 Å². The van der Waals surface area contributed by atoms with Gasteiger partial charge in [0.15, 0.2) is 0 Å². The number of carbonyl (C=O) groups is 5. The van der Waals surface area contributed by atoms with E-state index in [1.807, 2.05) is 51.0 Å². The monoisotopic (exact) mass is 961 g/mol. The number of likely N-dealkylation sites (tertiary alicyclic amines) is 1. The van der Waals surface area contributed by atoms with Crippen LogP contribution in [0.2, 0.25) is 0 Å². The molecule has 3 aliphatic heterocycles. The van der Waals surface area contributed by atoms with Crippen LogP contribution in [0.25, 0.3) is 33.3 Å². The number of carbonyl (C=O) groups excluding carboxylic acids is 5. The summed E-state index contributed by atoms with van der Waals surface area (Å²) in [4.78, 5) is 79.6. The lowest BCUT2D eigenvalue weighted by Crippen LogP contribution is -2.58. The molecule has 5 heterocycles. The number of pyridine rings is 1. The van der Waals surface area contributed by atoms with Gasteiger partial charge < -0.3 is 39.2 Å². The third-order valence-electron chi connectivity index (χ3n) is 13.8. The van der Waals surface area contributed by atoms with Crippen molar-refractivity contribution >= 4 is 40.5 Å². The van der Waals surface area contributed by atoms with E-state index >= 15 is 0 Å². The van der Waals surface area contributed by atoms with Crippen molar-refractivity contribution in [2.75, 3.05) is 67.6 Å². The van der Waals surface area contributed by atoms with Crippen LogP contribution in [0.1, 0.15) is 70.7 Å². The number of amides is 4. The summed E-state index contributed by atoms with van der Waals surface area (Å²) in [6.07, 6.45) is 7.32. The number of likely N-dealkylation sites (N-methyl/N-ethyl adjacent to an activating group) is 2. The third kappa shape index (κ3) is 11.7. The van der Waals surface area contributed by atoms with E-state index in [1.165, 1.54) is 9.91 Å². The molecule has 16 heteroatoms. The van der Waals surface area contributed by atoms with Gasteiger partial charge >= 0.3 is 5.97 Å². The van der Waals surface area contributed by atoms with Gasteiger partial charge in [0.05, 0.1) is 36.4 Å². The molecule has 16 nitrogen and oxygen atoms in total. The lowest BCUT2D eigenvalue weighted by Gasteiger charge is -2.36. The highest BCUT2D eigenvalue weighted by atomic mass is 16.5. The SMILES string of the molecule is CCn1c(-c2cccnc2COC)c2c3cc(ccc31)-c1cc(O)cc(c1)CC(CNC(=O)[C@H](C(C)C)N(C)C(=O)[C@H]1CCN(C(=O)/C=C/CN(C)C)C1)C(=O)N1CCC[C@H](N1)C(=O)OCC(C)(C)C2. The minimum atomic E-state index is -0.858. The summed E-state index contributed by atoms with van der Waals surface area (Å²) in [5, 5.41) is 16.9. The second-order valence-electron chi connectivity index (χ2n) is 20.6. The zero-order chi connectivity index (χ0) is 50.4. The molecule has 3 aliphatic rings. The molecule has 0 radical (unpaired) electrons. The van der Waals surface area contributed by atoms with Gasteiger partial charge in [0.1, 0.15) is 17.8 Å². The Balaban J connectivity index is 1.21. The Hall–Kier alpha value is -6.10. The number of aromatic nitrogens is 2. The molecule has 7 rings (SSSR count). The summed E-state index contributed by atoms with van der Waals surface area (Å²) in [6.45, 7) is 12.7. The number of benzene rings is 2. The highest BCUT2D eigenvalue weighted by Crippen LogP contribution is 2.41. The lowest BCUT2D eigenvalue weighted by atomic mass is 9.84. The molecule has 4 amide bonds. The zero-order valence-corrected chi connectivity index (χ0v) is 42.4. The predicted octanol–water partition coefficient (Wildman–Crippen LogP) is 5.59. The van der Waals surface area contributed by atoms with Crippen LogP contribution in [0.3, 0.4) is 0 Å². The number of hydrogen-bond donors (Lipinski definition) is 3. The quantitative estimate of drug-likeness (QED) is 0.113. The minimum Gasteiger partial charge on any atom is -0.508 e. The molecule has 6 bridgehead atoms. The molecule has 4 atom stereocenters. The number of phenols is 1. The van der Waals surface area contributed by atoms with E-state index in [4.69, 9.17) is 14.5 Å². The maximum atomic E-state index is 14.7. The number of esters is 1. The third-order valence-corrected chi connectivity index (χ3v) is 13.8. The van der Waals surface area contributed by atoms with Crippen molar-refractivity contribution < 1.29 is 38.6 Å². The molecular formula is C54H72N8O8. The molecule has 1 unspecified atom stereocenters. The molecule has 0 spiro atoms. The number of rotatable bonds is 13. The van der Waals surface area contributed by atoms with Gasteiger partial charge in [-0.05, 0) is 118 Å². The van der Waals surface area contributed by atoms with E-state index in [1.54, 1.807) is 49.5 Å². The van der Waals surface area contributed by atoms with Gasteiger partial charge in [-0.1, -0.05) is 45.9 Å². The van der Waals surface area contributed by atoms with Gasteiger partial charge in [0.25, 0.3) is 0 Å². The van der Waals surface area contributed by atoms with E-state index in [9.17, 15) is 29.1 Å². The first-order valence-corrected chi connectivity index (χ1v) is 24.7. The van der Waals surface area contributed by atoms with Gasteiger partial charge in [0.2, 0.25) is 23.6 Å². The number of fused-ring (bicyclic) bond motifs is 6. The number of cyclic esters (lactones) is 1. The average Bonchev–Trinajstić information content (AvgIpc) is 3.94. The Morgan fingerprint density at radius 2 is 1.84 bits per heavy atom. The Kier molecular flexibility index (Phi) is 16.5. The molecule has 2 fully saturated rings. The van der Waals surface area contributed by atoms with Crippen LogP contribution in [0.5, 0.6) is 5.75 Å². The summed E-state index contributed by atoms with van der Waals surface area (Å²) in [5.74, 6) is -3.10. The van der Waals surface area contributed by atoms with Crippen molar-refractivity contribution in [2.24, 2.45) is 23.2 Å². The molecule has 0 aliphatic carbocycles. The van der Waals surface area contributed by atoms with Crippen molar-refractivity contribution in [1.29, 1.82) is 0 Å². The van der Waals surface area contributed by atoms with Gasteiger partial charge in [-0.25, -0.2) is 5.43 Å². The van der Waals surface area contributed by atoms with Crippen LogP contribution >= 0.6 is 0 Å². The average molecular weight is 961 g/mol. The molecule has 0 saturated carbocycles. The number of nitrogens with zero attached hydrogens (tertiary/aromatic N) is 6. The largest absolute Gasteiger partial charge is 0.508 e. The molecular weight excluding hydrogens is 889 g/mol. The number of aromatic hydroxyl groups is 1. The Morgan fingerprint density at radius 3 is 2.57 bits per heavy atom. The summed E-state index contributed by atoms with van der Waals surface area (Å²) >= 11 is 0. The van der Waals surface area contributed by atoms with E-state index in [0.29, 0.717) is 64.0 Å². The fourth-order valence-electron chi connectivity index (χ4n) is 10.4. The first kappa shape index (κ1) is 51.7. The number of hydrazine groups is 1. The van der Waals surface area contributed by atoms with Crippen LogP contribution in [0, 0.1) is 23.2 Å². The van der Waals surface area contributed by atoms with Crippen LogP contribution in [0.4, 0.5) is 0 Å². The summed E-state index contributed by atoms with van der Waals surface area (Å²) in [6, 6.07) is 14.0. The Morgan fingerprint density at radius 1 is 1.06 bits per heavy atom. The van der Waals surface area contributed by atoms with Crippen LogP contribution in [-0.4, -0.2) is 144 Å². The summed E-state index contributed by atoms with van der Waals surface area (Å²) in [7, 11) is 7.12. The Bertz CT molecular complexity index is 2600. The summed E-state index contributed by atoms with van der Waals surface area (Å²) in [5.41, 5.74) is 9.82. The van der Waals surface area contributed by atoms with E-state index < -0.39 is 41.2 Å². The molecule has 3 N–H and O–H groups in total. The summed E-state index contributed by atoms with van der Waals surface area (Å²) < 4.78 is 14.0. The van der Waals surface area contributed by atoms with Gasteiger partial charge in [-0.3, -0.25) is 34.0 Å². The van der Waals surface area contributed by atoms with E-state index in [-0.39, 0.29) is 55.5 Å². The molecule has 2 aromatic carbocycles. The first-order chi connectivity index (χ1) is 33.4. The zero-order valence-electron chi connectivity index (χ0n) is 42.4. The molecule has 70 heavy (non-hydrogen) atoms. The first-order valence-electron chi connectivity index (χ1n) is 24.7. The minimum absolute atomic E-state index is 0.0284. The number of methoxy groups -OCH3 is 1. The van der Waals surface area contributed by atoms with Crippen molar-refractivity contribution in [3.8, 4) is 28.1 Å². The van der Waals surface area contributed by atoms with Gasteiger partial charge in [-0.15, -0.1) is 0 Å². The fraction of sp³-hybridized carbons (Fsp3) is 0.519. The highest BCUT2D eigenvalue weighted by Gasteiger charge is 2.39. The Labute approximate surface area is 412 Å². The predicted molar refractivity (Wildman–Crippen MR) is 269 cm³/mol. The van der Waals surface area contributed by atoms with Crippen molar-refractivity contribution in [1.82, 2.24) is 40.0 Å². The normalized spacial score (nSPS) is 20.2. The number of nitrogens with one attached hydrogen (secondary N) is 2. The molecule has 2 aromatic heterocycles. The van der Waals surface area contributed by atoms with E-state index in [0.717, 1.165) is 44.5 Å². The van der Waals surface area contributed by atoms with Gasteiger partial charge in [0, 0.05) is 87.6 Å². The lowest BCUT2D eigenvalue weighted by molar-refractivity contribution is -0.155. The van der Waals surface area contributed by atoms with Crippen LogP contribution < -0.4 is 10.7 Å². The van der Waals surface area contributed by atoms with Crippen molar-refractivity contribution in [3.63, 3.8) is 0 Å². The van der Waals surface area contributed by atoms with Gasteiger partial charge in [-0.2, -0.15) is 0 Å². The standard InChI is InChI=1S/C54H72N8O8/c1-10-61-46-18-17-36-28-42(46)43(49(61)41-14-11-20-55-45(41)32-69-9)29-54(4,5)33-70-53(68)44-15-12-22-62(57-44)52(67)39(25-35-24-38(36)27-40(63)26-35)30-56-50(65)48(34(2)3)59(8)51(66)37-19-23-60(31-37)47(64)16-13-21-58(6)7/h11,13-14,16-18,20,24,26-28,34,37,39,44,48,57,63H,10,12,15,19,21-23,25,29-33H2,1-9H3,(H,56,65)/b16-13+/t37-,39?,44-,48-/m0/s1. The number of ether oxygens (including phenoxy) is 2. The van der Waals surface area contributed by atoms with Crippen molar-refractivity contribution in [2.45, 2.75) is 92.0 Å². The van der Waals surface area contributed by atoms with E-state index in [2.05, 4.69) is 54.3 Å². The topological polar surface area (TPSA) is 179 Å². The number of phenolic OH excluding ortho intramolecular Hbond substituents is 1. The molecule has 2 saturated heterocycles. The smallest absolute Gasteiger partial charge is 0.324 e. The maximum absolute atomic E-state index is 14.7. The second kappa shape index (κ2) is 22.3. The number of aryl methyl sites for hydroxylation is 1. The molecule has 4 aromatic rings. The van der Waals surface area contributed by atoms with Crippen LogP contribution in [0.15, 0.2) is 66.9 Å². The fourth-order valence-corrected chi connectivity index (χ4v) is 10.4. The highest BCUT2D eigenvalue weighted by molar-refractivity contribution is 5.96. The maximum Gasteiger partial charge on any atom is 0.324 e. The molecule has 376 valence electrons. The van der Waals surface area contributed by atoms with Crippen molar-refractivity contribution in [3.05, 3.63) is 83.7 Å².